The molecule has 9 nitrogen and oxygen atoms in total. The van der Waals surface area contributed by atoms with Crippen LogP contribution in [0.4, 0.5) is 5.69 Å². The number of hydrogen-bond acceptors (Lipinski definition) is 6. The molecule has 2 aromatic carbocycles. The van der Waals surface area contributed by atoms with Gasteiger partial charge in [-0.15, -0.1) is 0 Å². The molecule has 0 aliphatic carbocycles. The van der Waals surface area contributed by atoms with Gasteiger partial charge in [-0.25, -0.2) is 0 Å². The zero-order valence-corrected chi connectivity index (χ0v) is 18.5. The molecule has 0 aliphatic heterocycles. The molecule has 0 unspecified atom stereocenters. The lowest BCUT2D eigenvalue weighted by Crippen LogP contribution is -2.30. The van der Waals surface area contributed by atoms with E-state index in [1.54, 1.807) is 22.8 Å². The van der Waals surface area contributed by atoms with Crippen molar-refractivity contribution in [3.05, 3.63) is 64.4 Å². The van der Waals surface area contributed by atoms with Crippen molar-refractivity contribution in [2.24, 2.45) is 0 Å². The fraction of sp³-hybridized carbons (Fsp3) is 0.227. The Labute approximate surface area is 189 Å². The molecule has 0 saturated carbocycles. The van der Waals surface area contributed by atoms with Crippen molar-refractivity contribution in [1.29, 1.82) is 0 Å². The van der Waals surface area contributed by atoms with Crippen LogP contribution in [0.3, 0.4) is 0 Å². The lowest BCUT2D eigenvalue weighted by Gasteiger charge is -2.10. The molecule has 0 fully saturated rings. The minimum Gasteiger partial charge on any atom is -0.468 e. The lowest BCUT2D eigenvalue weighted by atomic mass is 10.1. The van der Waals surface area contributed by atoms with Crippen molar-refractivity contribution < 1.29 is 19.1 Å². The Kier molecular flexibility index (Phi) is 7.50. The van der Waals surface area contributed by atoms with Gasteiger partial charge in [-0.05, 0) is 43.4 Å². The molecule has 0 atom stereocenters. The molecule has 3 rings (SSSR count). The summed E-state index contributed by atoms with van der Waals surface area (Å²) in [6, 6.07) is 14.3. The van der Waals surface area contributed by atoms with Crippen LogP contribution in [-0.2, 0) is 20.9 Å². The number of aromatic nitrogens is 3. The summed E-state index contributed by atoms with van der Waals surface area (Å²) in [7, 11) is 1.24. The number of carbonyl (C=O) groups excluding carboxylic acids is 3. The number of carbonyl (C=O) groups is 3. The minimum atomic E-state index is -0.550. The van der Waals surface area contributed by atoms with E-state index < -0.39 is 11.9 Å². The molecule has 0 spiro atoms. The Bertz CT molecular complexity index is 1200. The van der Waals surface area contributed by atoms with E-state index in [1.165, 1.54) is 13.2 Å². The van der Waals surface area contributed by atoms with Gasteiger partial charge in [0, 0.05) is 29.8 Å². The van der Waals surface area contributed by atoms with Crippen LogP contribution in [0.2, 0.25) is 0 Å². The smallest absolute Gasteiger partial charge is 0.325 e. The zero-order chi connectivity index (χ0) is 23.1. The van der Waals surface area contributed by atoms with Gasteiger partial charge in [-0.1, -0.05) is 29.8 Å². The number of aromatic amines is 1. The summed E-state index contributed by atoms with van der Waals surface area (Å²) in [6.45, 7) is 2.09. The van der Waals surface area contributed by atoms with E-state index in [-0.39, 0.29) is 18.9 Å². The van der Waals surface area contributed by atoms with Crippen LogP contribution in [0, 0.1) is 11.7 Å². The van der Waals surface area contributed by atoms with Gasteiger partial charge < -0.3 is 15.4 Å². The highest BCUT2D eigenvalue weighted by Crippen LogP contribution is 2.19. The van der Waals surface area contributed by atoms with Gasteiger partial charge in [0.1, 0.15) is 6.54 Å². The number of aryl methyl sites for hydroxylation is 1. The van der Waals surface area contributed by atoms with Crippen LogP contribution in [0.5, 0.6) is 0 Å². The maximum atomic E-state index is 12.5. The number of nitrogens with one attached hydrogen (secondary N) is 3. The third-order valence-electron chi connectivity index (χ3n) is 4.63. The molecule has 0 bridgehead atoms. The molecule has 0 radical (unpaired) electrons. The van der Waals surface area contributed by atoms with Crippen molar-refractivity contribution in [2.75, 3.05) is 19.0 Å². The van der Waals surface area contributed by atoms with E-state index >= 15 is 0 Å². The summed E-state index contributed by atoms with van der Waals surface area (Å²) in [6.07, 6.45) is 0.158. The quantitative estimate of drug-likeness (QED) is 0.357. The highest BCUT2D eigenvalue weighted by atomic mass is 32.1. The highest BCUT2D eigenvalue weighted by molar-refractivity contribution is 7.71. The Hall–Kier alpha value is -3.79. The normalized spacial score (nSPS) is 10.4. The molecular formula is C22H23N5O4S. The Morgan fingerprint density at radius 1 is 1.16 bits per heavy atom. The average Bonchev–Trinajstić information content (AvgIpc) is 3.16. The van der Waals surface area contributed by atoms with Crippen molar-refractivity contribution in [3.63, 3.8) is 0 Å². The Morgan fingerprint density at radius 2 is 1.94 bits per heavy atom. The first-order valence-corrected chi connectivity index (χ1v) is 10.3. The van der Waals surface area contributed by atoms with Crippen molar-refractivity contribution in [3.8, 4) is 11.4 Å². The first kappa shape index (κ1) is 22.9. The predicted molar refractivity (Wildman–Crippen MR) is 122 cm³/mol. The van der Waals surface area contributed by atoms with E-state index in [2.05, 4.69) is 25.6 Å². The number of ether oxygens (including phenoxy) is 1. The summed E-state index contributed by atoms with van der Waals surface area (Å²) in [5.74, 6) is -0.573. The van der Waals surface area contributed by atoms with Gasteiger partial charge in [-0.3, -0.25) is 24.0 Å². The zero-order valence-electron chi connectivity index (χ0n) is 17.7. The summed E-state index contributed by atoms with van der Waals surface area (Å²) < 4.78 is 6.70. The fourth-order valence-corrected chi connectivity index (χ4v) is 3.25. The van der Waals surface area contributed by atoms with Gasteiger partial charge >= 0.3 is 5.97 Å². The van der Waals surface area contributed by atoms with E-state index in [4.69, 9.17) is 12.2 Å². The van der Waals surface area contributed by atoms with Gasteiger partial charge in [0.25, 0.3) is 5.91 Å². The van der Waals surface area contributed by atoms with E-state index in [0.29, 0.717) is 28.4 Å². The maximum Gasteiger partial charge on any atom is 0.325 e. The number of amides is 2. The summed E-state index contributed by atoms with van der Waals surface area (Å²) in [5, 5.41) is 12.3. The molecule has 32 heavy (non-hydrogen) atoms. The van der Waals surface area contributed by atoms with Crippen molar-refractivity contribution >= 4 is 35.7 Å². The third-order valence-corrected chi connectivity index (χ3v) is 4.94. The number of rotatable bonds is 8. The second-order valence-electron chi connectivity index (χ2n) is 7.01. The second-order valence-corrected chi connectivity index (χ2v) is 7.40. The molecule has 1 aromatic heterocycles. The average molecular weight is 454 g/mol. The number of hydrogen-bond donors (Lipinski definition) is 3. The fourth-order valence-electron chi connectivity index (χ4n) is 3.03. The largest absolute Gasteiger partial charge is 0.468 e. The SMILES string of the molecule is COC(=O)CNC(=O)c1cccc(NC(=O)CCn2c(-c3cccc(C)c3)n[nH]c2=S)c1. The van der Waals surface area contributed by atoms with Crippen molar-refractivity contribution in [2.45, 2.75) is 19.9 Å². The van der Waals surface area contributed by atoms with E-state index in [1.807, 2.05) is 31.2 Å². The summed E-state index contributed by atoms with van der Waals surface area (Å²) in [5.41, 5.74) is 2.78. The molecule has 3 N–H and O–H groups in total. The first-order valence-electron chi connectivity index (χ1n) is 9.84. The van der Waals surface area contributed by atoms with Crippen LogP contribution in [0.15, 0.2) is 48.5 Å². The van der Waals surface area contributed by atoms with Crippen LogP contribution in [0.25, 0.3) is 11.4 Å². The third kappa shape index (κ3) is 5.88. The minimum absolute atomic E-state index is 0.158. The monoisotopic (exact) mass is 453 g/mol. The molecule has 2 amide bonds. The van der Waals surface area contributed by atoms with Gasteiger partial charge in [-0.2, -0.15) is 5.10 Å². The van der Waals surface area contributed by atoms with Gasteiger partial charge in [0.2, 0.25) is 5.91 Å². The molecule has 1 heterocycles. The molecular weight excluding hydrogens is 430 g/mol. The van der Waals surface area contributed by atoms with Crippen LogP contribution >= 0.6 is 12.2 Å². The topological polar surface area (TPSA) is 118 Å². The number of nitrogens with zero attached hydrogens (tertiary/aromatic N) is 2. The molecule has 3 aromatic rings. The molecule has 0 aliphatic rings. The molecule has 0 saturated heterocycles. The first-order chi connectivity index (χ1) is 15.4. The highest BCUT2D eigenvalue weighted by Gasteiger charge is 2.12. The number of esters is 1. The molecule has 10 heteroatoms. The summed E-state index contributed by atoms with van der Waals surface area (Å²) in [4.78, 5) is 35.8. The van der Waals surface area contributed by atoms with Crippen LogP contribution < -0.4 is 10.6 Å². The van der Waals surface area contributed by atoms with Crippen molar-refractivity contribution in [1.82, 2.24) is 20.1 Å². The summed E-state index contributed by atoms with van der Waals surface area (Å²) >= 11 is 5.32. The maximum absolute atomic E-state index is 12.5. The lowest BCUT2D eigenvalue weighted by molar-refractivity contribution is -0.139. The number of benzene rings is 2. The molecule has 166 valence electrons. The standard InChI is InChI=1S/C22H23N5O4S/c1-14-5-3-6-15(11-14)20-25-26-22(32)27(20)10-9-18(28)24-17-8-4-7-16(12-17)21(30)23-13-19(29)31-2/h3-8,11-12H,9-10,13H2,1-2H3,(H,23,30)(H,24,28)(H,26,32). The van der Waals surface area contributed by atoms with E-state index in [0.717, 1.165) is 11.1 Å². The Balaban J connectivity index is 1.63. The Morgan fingerprint density at radius 3 is 2.69 bits per heavy atom. The van der Waals surface area contributed by atoms with Gasteiger partial charge in [0.05, 0.1) is 7.11 Å². The van der Waals surface area contributed by atoms with Crippen LogP contribution in [-0.4, -0.2) is 46.2 Å². The number of anilines is 1. The predicted octanol–water partition coefficient (Wildman–Crippen LogP) is 2.85. The van der Waals surface area contributed by atoms with Crippen LogP contribution in [0.1, 0.15) is 22.3 Å². The second kappa shape index (κ2) is 10.5. The number of H-pyrrole nitrogens is 1. The van der Waals surface area contributed by atoms with Gasteiger partial charge in [0.15, 0.2) is 10.6 Å². The number of methoxy groups -OCH3 is 1. The van der Waals surface area contributed by atoms with E-state index in [9.17, 15) is 14.4 Å².